The molecule has 7 heteroatoms. The highest BCUT2D eigenvalue weighted by Crippen LogP contribution is 2.42. The number of urea groups is 1. The van der Waals surface area contributed by atoms with E-state index in [1.165, 1.54) is 24.3 Å². The molecular weight excluding hydrogens is 400 g/mol. The molecule has 2 amide bonds. The molecule has 0 unspecified atom stereocenters. The average Bonchev–Trinajstić information content (AvgIpc) is 3.36. The molecule has 2 fully saturated rings. The highest BCUT2D eigenvalue weighted by Gasteiger charge is 2.28. The average molecular weight is 425 g/mol. The van der Waals surface area contributed by atoms with Gasteiger partial charge in [0.15, 0.2) is 0 Å². The van der Waals surface area contributed by atoms with Crippen LogP contribution in [0.5, 0.6) is 0 Å². The third-order valence-corrected chi connectivity index (χ3v) is 6.42. The fourth-order valence-electron chi connectivity index (χ4n) is 4.74. The number of benzene rings is 2. The van der Waals surface area contributed by atoms with Crippen LogP contribution in [-0.2, 0) is 0 Å². The van der Waals surface area contributed by atoms with E-state index in [0.717, 1.165) is 68.6 Å². The maximum Gasteiger partial charge on any atom is 0.317 e. The van der Waals surface area contributed by atoms with Crippen molar-refractivity contribution in [3.05, 3.63) is 59.7 Å². The Morgan fingerprint density at radius 3 is 2.42 bits per heavy atom. The minimum atomic E-state index is -0.334. The fraction of sp³-hybridized carbons (Fsp3) is 0.375. The Balaban J connectivity index is 1.36. The van der Waals surface area contributed by atoms with Crippen LogP contribution in [0.25, 0.3) is 22.3 Å². The summed E-state index contributed by atoms with van der Waals surface area (Å²) >= 11 is 0. The van der Waals surface area contributed by atoms with Crippen LogP contribution in [0.15, 0.2) is 46.9 Å². The van der Waals surface area contributed by atoms with Crippen molar-refractivity contribution >= 4 is 17.0 Å². The minimum absolute atomic E-state index is 0.0240. The quantitative estimate of drug-likeness (QED) is 0.651. The number of hydrogen-bond acceptors (Lipinski definition) is 3. The molecular formula is C24H25F2N3O2. The van der Waals surface area contributed by atoms with Crippen LogP contribution in [0.2, 0.25) is 0 Å². The molecule has 3 heterocycles. The van der Waals surface area contributed by atoms with E-state index in [1.54, 1.807) is 18.2 Å². The largest absolute Gasteiger partial charge is 0.456 e. The third kappa shape index (κ3) is 4.02. The summed E-state index contributed by atoms with van der Waals surface area (Å²) in [7, 11) is 0. The molecule has 1 aromatic heterocycles. The molecule has 1 N–H and O–H groups in total. The standard InChI is InChI=1S/C24H25F2N3O2/c25-18-3-1-17(2-4-18)23-22(20-6-5-19(26)15-21(20)31-23)16-7-10-28(11-8-16)13-14-29-12-9-27-24(29)30/h1-6,15-16H,7-14H2,(H,27,30). The summed E-state index contributed by atoms with van der Waals surface area (Å²) in [6.45, 7) is 4.95. The van der Waals surface area contributed by atoms with Crippen LogP contribution in [0.3, 0.4) is 0 Å². The monoisotopic (exact) mass is 425 g/mol. The van der Waals surface area contributed by atoms with E-state index in [-0.39, 0.29) is 23.6 Å². The lowest BCUT2D eigenvalue weighted by atomic mass is 9.86. The van der Waals surface area contributed by atoms with Crippen molar-refractivity contribution in [2.24, 2.45) is 0 Å². The van der Waals surface area contributed by atoms with E-state index in [0.29, 0.717) is 11.3 Å². The van der Waals surface area contributed by atoms with Gasteiger partial charge in [0.25, 0.3) is 0 Å². The number of amides is 2. The lowest BCUT2D eigenvalue weighted by molar-refractivity contribution is 0.181. The molecule has 2 aromatic carbocycles. The summed E-state index contributed by atoms with van der Waals surface area (Å²) in [6, 6.07) is 11.0. The van der Waals surface area contributed by atoms with Crippen molar-refractivity contribution in [3.63, 3.8) is 0 Å². The second-order valence-electron chi connectivity index (χ2n) is 8.33. The number of furan rings is 1. The third-order valence-electron chi connectivity index (χ3n) is 6.42. The van der Waals surface area contributed by atoms with Crippen LogP contribution in [0.4, 0.5) is 13.6 Å². The van der Waals surface area contributed by atoms with Crippen LogP contribution in [0, 0.1) is 11.6 Å². The number of nitrogens with one attached hydrogen (secondary N) is 1. The van der Waals surface area contributed by atoms with E-state index in [1.807, 2.05) is 4.90 Å². The van der Waals surface area contributed by atoms with Gasteiger partial charge < -0.3 is 19.5 Å². The van der Waals surface area contributed by atoms with Crippen LogP contribution < -0.4 is 5.32 Å². The first kappa shape index (κ1) is 20.0. The van der Waals surface area contributed by atoms with Crippen molar-refractivity contribution < 1.29 is 18.0 Å². The molecule has 5 nitrogen and oxygen atoms in total. The molecule has 0 aliphatic carbocycles. The maximum atomic E-state index is 13.8. The topological polar surface area (TPSA) is 48.7 Å². The molecule has 2 aliphatic rings. The Morgan fingerprint density at radius 1 is 0.968 bits per heavy atom. The highest BCUT2D eigenvalue weighted by molar-refractivity contribution is 5.88. The zero-order chi connectivity index (χ0) is 21.4. The number of halogens is 2. The van der Waals surface area contributed by atoms with E-state index < -0.39 is 0 Å². The first-order valence-corrected chi connectivity index (χ1v) is 10.8. The first-order chi connectivity index (χ1) is 15.1. The Bertz CT molecular complexity index is 1090. The predicted octanol–water partition coefficient (Wildman–Crippen LogP) is 4.58. The number of carbonyl (C=O) groups is 1. The number of carbonyl (C=O) groups excluding carboxylic acids is 1. The van der Waals surface area contributed by atoms with Crippen LogP contribution >= 0.6 is 0 Å². The lowest BCUT2D eigenvalue weighted by Gasteiger charge is -2.33. The fourth-order valence-corrected chi connectivity index (χ4v) is 4.74. The Kier molecular flexibility index (Phi) is 5.36. The van der Waals surface area contributed by atoms with E-state index >= 15 is 0 Å². The number of piperidine rings is 1. The first-order valence-electron chi connectivity index (χ1n) is 10.8. The zero-order valence-corrected chi connectivity index (χ0v) is 17.2. The normalized spacial score (nSPS) is 18.1. The zero-order valence-electron chi connectivity index (χ0n) is 17.2. The number of fused-ring (bicyclic) bond motifs is 1. The molecule has 3 aromatic rings. The van der Waals surface area contributed by atoms with Crippen molar-refractivity contribution in [2.45, 2.75) is 18.8 Å². The second-order valence-corrected chi connectivity index (χ2v) is 8.33. The number of hydrogen-bond donors (Lipinski definition) is 1. The molecule has 0 saturated carbocycles. The van der Waals surface area contributed by atoms with E-state index in [2.05, 4.69) is 10.2 Å². The summed E-state index contributed by atoms with van der Waals surface area (Å²) in [6.07, 6.45) is 1.90. The van der Waals surface area contributed by atoms with Gasteiger partial charge in [-0.05, 0) is 68.2 Å². The van der Waals surface area contributed by atoms with E-state index in [9.17, 15) is 13.6 Å². The molecule has 162 valence electrons. The van der Waals surface area contributed by atoms with E-state index in [4.69, 9.17) is 4.42 Å². The van der Waals surface area contributed by atoms with Crippen LogP contribution in [0.1, 0.15) is 24.3 Å². The second kappa shape index (κ2) is 8.30. The predicted molar refractivity (Wildman–Crippen MR) is 115 cm³/mol. The highest BCUT2D eigenvalue weighted by atomic mass is 19.1. The van der Waals surface area contributed by atoms with Crippen LogP contribution in [-0.4, -0.2) is 55.1 Å². The molecule has 31 heavy (non-hydrogen) atoms. The summed E-state index contributed by atoms with van der Waals surface area (Å²) in [5.74, 6) is 0.345. The smallest absolute Gasteiger partial charge is 0.317 e. The molecule has 0 atom stereocenters. The van der Waals surface area contributed by atoms with Gasteiger partial charge in [-0.2, -0.15) is 0 Å². The lowest BCUT2D eigenvalue weighted by Crippen LogP contribution is -2.40. The molecule has 5 rings (SSSR count). The summed E-state index contributed by atoms with van der Waals surface area (Å²) in [5, 5.41) is 3.76. The van der Waals surface area contributed by atoms with Gasteiger partial charge in [-0.25, -0.2) is 13.6 Å². The van der Waals surface area contributed by atoms with Gasteiger partial charge in [0.2, 0.25) is 0 Å². The Morgan fingerprint density at radius 2 is 1.71 bits per heavy atom. The maximum absolute atomic E-state index is 13.8. The van der Waals surface area contributed by atoms with Crippen molar-refractivity contribution in [1.82, 2.24) is 15.1 Å². The molecule has 0 bridgehead atoms. The Labute approximate surface area is 179 Å². The number of nitrogens with zero attached hydrogens (tertiary/aromatic N) is 2. The molecule has 0 spiro atoms. The SMILES string of the molecule is O=C1NCCN1CCN1CCC(c2c(-c3ccc(F)cc3)oc3cc(F)ccc23)CC1. The summed E-state index contributed by atoms with van der Waals surface area (Å²) in [4.78, 5) is 16.0. The van der Waals surface area contributed by atoms with Gasteiger partial charge in [-0.15, -0.1) is 0 Å². The Hall–Kier alpha value is -2.93. The van der Waals surface area contributed by atoms with Gasteiger partial charge in [-0.3, -0.25) is 0 Å². The van der Waals surface area contributed by atoms with Gasteiger partial charge >= 0.3 is 6.03 Å². The minimum Gasteiger partial charge on any atom is -0.456 e. The van der Waals surface area contributed by atoms with Gasteiger partial charge in [-0.1, -0.05) is 0 Å². The summed E-state index contributed by atoms with van der Waals surface area (Å²) in [5.41, 5.74) is 2.41. The number of likely N-dealkylation sites (tertiary alicyclic amines) is 1. The van der Waals surface area contributed by atoms with Crippen molar-refractivity contribution in [1.29, 1.82) is 0 Å². The van der Waals surface area contributed by atoms with Gasteiger partial charge in [0.05, 0.1) is 0 Å². The summed E-state index contributed by atoms with van der Waals surface area (Å²) < 4.78 is 33.4. The molecule has 0 radical (unpaired) electrons. The molecule has 2 aliphatic heterocycles. The van der Waals surface area contributed by atoms with Crippen molar-refractivity contribution in [3.8, 4) is 11.3 Å². The van der Waals surface area contributed by atoms with Gasteiger partial charge in [0, 0.05) is 48.8 Å². The number of rotatable bonds is 5. The molecule has 2 saturated heterocycles. The van der Waals surface area contributed by atoms with Crippen molar-refractivity contribution in [2.75, 3.05) is 39.3 Å². The van der Waals surface area contributed by atoms with Gasteiger partial charge in [0.1, 0.15) is 23.0 Å².